The second kappa shape index (κ2) is 6.24. The van der Waals surface area contributed by atoms with Crippen LogP contribution in [0.25, 0.3) is 0 Å². The van der Waals surface area contributed by atoms with Crippen LogP contribution in [0.4, 0.5) is 0 Å². The number of aromatic amines is 1. The van der Waals surface area contributed by atoms with Gasteiger partial charge in [-0.1, -0.05) is 39.0 Å². The molecular weight excluding hydrogens is 414 g/mol. The standard InChI is InChI=1S/C16H14BrNO4S2/c1-2-21-15(19)12-9-6-22-10-4-3-7(17)5-8(10)11(9)13-14(23-12)18-16(20)24-13/h3-5,9,11-12H,2,6H2,1H3,(H,18,20)/t9-,11-,12-/m0/s1. The molecule has 2 aliphatic heterocycles. The molecule has 2 aliphatic rings. The van der Waals surface area contributed by atoms with Crippen LogP contribution >= 0.6 is 39.0 Å². The van der Waals surface area contributed by atoms with Crippen LogP contribution in [0.3, 0.4) is 0 Å². The third-order valence-electron chi connectivity index (χ3n) is 4.24. The van der Waals surface area contributed by atoms with Gasteiger partial charge in [0.2, 0.25) is 0 Å². The summed E-state index contributed by atoms with van der Waals surface area (Å²) >= 11 is 6.10. The molecule has 3 atom stereocenters. The highest BCUT2D eigenvalue weighted by molar-refractivity contribution is 9.10. The van der Waals surface area contributed by atoms with Crippen LogP contribution < -0.4 is 9.61 Å². The predicted octanol–water partition coefficient (Wildman–Crippen LogP) is 3.38. The van der Waals surface area contributed by atoms with Gasteiger partial charge in [0, 0.05) is 26.7 Å². The Morgan fingerprint density at radius 3 is 3.12 bits per heavy atom. The summed E-state index contributed by atoms with van der Waals surface area (Å²) in [7, 11) is 0. The van der Waals surface area contributed by atoms with E-state index in [0.29, 0.717) is 13.2 Å². The van der Waals surface area contributed by atoms with Crippen molar-refractivity contribution in [3.8, 4) is 5.75 Å². The van der Waals surface area contributed by atoms with Crippen molar-refractivity contribution in [3.05, 3.63) is 42.8 Å². The number of H-pyrrole nitrogens is 1. The number of aromatic nitrogens is 1. The van der Waals surface area contributed by atoms with Gasteiger partial charge >= 0.3 is 10.8 Å². The van der Waals surface area contributed by atoms with E-state index >= 15 is 0 Å². The zero-order valence-corrected chi connectivity index (χ0v) is 15.9. The van der Waals surface area contributed by atoms with Crippen LogP contribution in [0.5, 0.6) is 5.75 Å². The Kier molecular flexibility index (Phi) is 4.22. The monoisotopic (exact) mass is 427 g/mol. The van der Waals surface area contributed by atoms with Crippen LogP contribution in [-0.4, -0.2) is 29.4 Å². The maximum atomic E-state index is 12.5. The minimum atomic E-state index is -0.389. The number of benzene rings is 1. The zero-order valence-electron chi connectivity index (χ0n) is 12.7. The smallest absolute Gasteiger partial charge is 0.319 e. The second-order valence-corrected chi connectivity index (χ2v) is 8.72. The number of nitrogens with one attached hydrogen (secondary N) is 1. The number of halogens is 1. The first-order valence-electron chi connectivity index (χ1n) is 7.57. The number of ether oxygens (including phenoxy) is 2. The van der Waals surface area contributed by atoms with E-state index in [9.17, 15) is 9.59 Å². The van der Waals surface area contributed by atoms with Crippen LogP contribution in [0, 0.1) is 5.92 Å². The van der Waals surface area contributed by atoms with E-state index in [-0.39, 0.29) is 27.9 Å². The first-order chi connectivity index (χ1) is 11.6. The van der Waals surface area contributed by atoms with Crippen molar-refractivity contribution in [2.75, 3.05) is 13.2 Å². The van der Waals surface area contributed by atoms with E-state index in [2.05, 4.69) is 20.9 Å². The summed E-state index contributed by atoms with van der Waals surface area (Å²) in [4.78, 5) is 28.1. The maximum Gasteiger partial charge on any atom is 0.319 e. The molecule has 1 aromatic carbocycles. The fourth-order valence-corrected chi connectivity index (χ4v) is 6.15. The number of hydrogen-bond donors (Lipinski definition) is 1. The SMILES string of the molecule is CCOC(=O)[C@H]1Sc2[nH]c(=O)sc2[C@H]2c3cc(Br)ccc3OC[C@@H]21. The van der Waals surface area contributed by atoms with E-state index in [0.717, 1.165) is 25.7 Å². The predicted molar refractivity (Wildman–Crippen MR) is 96.2 cm³/mol. The Bertz CT molecular complexity index is 862. The summed E-state index contributed by atoms with van der Waals surface area (Å²) in [5.74, 6) is 0.452. The van der Waals surface area contributed by atoms with Gasteiger partial charge < -0.3 is 14.5 Å². The van der Waals surface area contributed by atoms with E-state index in [1.807, 2.05) is 18.2 Å². The summed E-state index contributed by atoms with van der Waals surface area (Å²) < 4.78 is 12.1. The average molecular weight is 428 g/mol. The summed E-state index contributed by atoms with van der Waals surface area (Å²) in [6.45, 7) is 2.56. The number of hydrogen-bond acceptors (Lipinski definition) is 6. The minimum Gasteiger partial charge on any atom is -0.493 e. The molecule has 1 aromatic heterocycles. The normalized spacial score (nSPS) is 24.3. The minimum absolute atomic E-state index is 0.0409. The highest BCUT2D eigenvalue weighted by atomic mass is 79.9. The lowest BCUT2D eigenvalue weighted by molar-refractivity contribution is -0.144. The topological polar surface area (TPSA) is 68.4 Å². The molecule has 0 saturated carbocycles. The highest BCUT2D eigenvalue weighted by Crippen LogP contribution is 2.53. The van der Waals surface area contributed by atoms with E-state index in [1.165, 1.54) is 23.1 Å². The first-order valence-corrected chi connectivity index (χ1v) is 10.1. The largest absolute Gasteiger partial charge is 0.493 e. The summed E-state index contributed by atoms with van der Waals surface area (Å²) in [5.41, 5.74) is 1.01. The number of thioether (sulfide) groups is 1. The van der Waals surface area contributed by atoms with E-state index in [1.54, 1.807) is 6.92 Å². The Balaban J connectivity index is 1.86. The summed E-state index contributed by atoms with van der Waals surface area (Å²) in [6.07, 6.45) is 0. The van der Waals surface area contributed by atoms with Crippen molar-refractivity contribution in [1.82, 2.24) is 4.98 Å². The average Bonchev–Trinajstić information content (AvgIpc) is 2.93. The Labute approximate surface area is 154 Å². The van der Waals surface area contributed by atoms with Gasteiger partial charge in [0.05, 0.1) is 18.2 Å². The lowest BCUT2D eigenvalue weighted by Gasteiger charge is -2.39. The van der Waals surface area contributed by atoms with Crippen LogP contribution in [0.1, 0.15) is 23.3 Å². The molecule has 24 heavy (non-hydrogen) atoms. The molecule has 0 amide bonds. The number of fused-ring (bicyclic) bond motifs is 5. The van der Waals surface area contributed by atoms with Gasteiger partial charge in [-0.25, -0.2) is 0 Å². The van der Waals surface area contributed by atoms with Gasteiger partial charge in [-0.3, -0.25) is 9.59 Å². The van der Waals surface area contributed by atoms with Crippen molar-refractivity contribution < 1.29 is 14.3 Å². The number of carbonyl (C=O) groups is 1. The Morgan fingerprint density at radius 1 is 1.50 bits per heavy atom. The molecule has 126 valence electrons. The fraction of sp³-hybridized carbons (Fsp3) is 0.375. The van der Waals surface area contributed by atoms with Crippen molar-refractivity contribution in [2.45, 2.75) is 23.1 Å². The van der Waals surface area contributed by atoms with Crippen molar-refractivity contribution in [1.29, 1.82) is 0 Å². The molecular formula is C16H14BrNO4S2. The third kappa shape index (κ3) is 2.60. The van der Waals surface area contributed by atoms with Gasteiger partial charge in [-0.2, -0.15) is 0 Å². The van der Waals surface area contributed by atoms with Crippen molar-refractivity contribution in [2.24, 2.45) is 5.92 Å². The van der Waals surface area contributed by atoms with Crippen LogP contribution in [-0.2, 0) is 9.53 Å². The van der Waals surface area contributed by atoms with Gasteiger partial charge in [0.25, 0.3) is 0 Å². The number of esters is 1. The van der Waals surface area contributed by atoms with Crippen molar-refractivity contribution in [3.63, 3.8) is 0 Å². The van der Waals surface area contributed by atoms with Crippen LogP contribution in [0.15, 0.2) is 32.5 Å². The van der Waals surface area contributed by atoms with Crippen molar-refractivity contribution >= 4 is 45.0 Å². The lowest BCUT2D eigenvalue weighted by Crippen LogP contribution is -2.41. The molecule has 0 saturated heterocycles. The molecule has 0 aliphatic carbocycles. The molecule has 2 aromatic rings. The molecule has 0 unspecified atom stereocenters. The number of thiazole rings is 1. The molecule has 5 nitrogen and oxygen atoms in total. The van der Waals surface area contributed by atoms with Crippen LogP contribution in [0.2, 0.25) is 0 Å². The maximum absolute atomic E-state index is 12.5. The second-order valence-electron chi connectivity index (χ2n) is 5.63. The van der Waals surface area contributed by atoms with Gasteiger partial charge in [-0.15, -0.1) is 0 Å². The number of carbonyl (C=O) groups excluding carboxylic acids is 1. The summed E-state index contributed by atoms with van der Waals surface area (Å²) in [6, 6.07) is 5.87. The molecule has 3 heterocycles. The van der Waals surface area contributed by atoms with Gasteiger partial charge in [0.1, 0.15) is 11.0 Å². The first kappa shape index (κ1) is 16.2. The summed E-state index contributed by atoms with van der Waals surface area (Å²) in [5, 5.41) is 0.386. The molecule has 4 rings (SSSR count). The Hall–Kier alpha value is -1.25. The molecule has 0 fully saturated rings. The third-order valence-corrected chi connectivity index (χ3v) is 7.18. The molecule has 0 radical (unpaired) electrons. The lowest BCUT2D eigenvalue weighted by atomic mass is 9.80. The molecule has 8 heteroatoms. The zero-order chi connectivity index (χ0) is 16.8. The molecule has 0 bridgehead atoms. The van der Waals surface area contributed by atoms with E-state index < -0.39 is 0 Å². The Morgan fingerprint density at radius 2 is 2.33 bits per heavy atom. The number of rotatable bonds is 2. The molecule has 1 N–H and O–H groups in total. The molecule has 0 spiro atoms. The van der Waals surface area contributed by atoms with E-state index in [4.69, 9.17) is 9.47 Å². The highest BCUT2D eigenvalue weighted by Gasteiger charge is 2.47. The quantitative estimate of drug-likeness (QED) is 0.743. The van der Waals surface area contributed by atoms with Gasteiger partial charge in [0.15, 0.2) is 0 Å². The fourth-order valence-electron chi connectivity index (χ4n) is 3.28. The van der Waals surface area contributed by atoms with Gasteiger partial charge in [-0.05, 0) is 25.1 Å².